The maximum absolute atomic E-state index is 13.6. The summed E-state index contributed by atoms with van der Waals surface area (Å²) in [5, 5.41) is 11.8. The van der Waals surface area contributed by atoms with E-state index in [1.165, 1.54) is 28.5 Å². The Balaban J connectivity index is 1.86. The van der Waals surface area contributed by atoms with Crippen LogP contribution in [0.1, 0.15) is 54.1 Å². The number of rotatable bonds is 8. The zero-order valence-corrected chi connectivity index (χ0v) is 26.1. The molecule has 0 radical (unpaired) electrons. The molecular formula is C28H30F6N6O5S. The molecule has 250 valence electrons. The molecule has 11 nitrogen and oxygen atoms in total. The first-order chi connectivity index (χ1) is 21.6. The van der Waals surface area contributed by atoms with Gasteiger partial charge in [0.25, 0.3) is 0 Å². The molecule has 0 fully saturated rings. The molecule has 2 atom stereocenters. The van der Waals surface area contributed by atoms with Crippen LogP contribution < -0.4 is 9.64 Å². The van der Waals surface area contributed by atoms with Crippen molar-refractivity contribution in [3.63, 3.8) is 0 Å². The lowest BCUT2D eigenvalue weighted by Crippen LogP contribution is -2.47. The molecule has 1 aromatic heterocycles. The predicted molar refractivity (Wildman–Crippen MR) is 152 cm³/mol. The molecule has 0 bridgehead atoms. The first-order valence-corrected chi connectivity index (χ1v) is 14.7. The number of fused-ring (bicyclic) bond motifs is 1. The lowest BCUT2D eigenvalue weighted by atomic mass is 9.89. The molecule has 0 unspecified atom stereocenters. The monoisotopic (exact) mass is 676 g/mol. The number of tetrazole rings is 1. The lowest BCUT2D eigenvalue weighted by Gasteiger charge is -2.43. The van der Waals surface area contributed by atoms with Crippen molar-refractivity contribution in [2.24, 2.45) is 7.05 Å². The molecule has 46 heavy (non-hydrogen) atoms. The van der Waals surface area contributed by atoms with Crippen molar-refractivity contribution in [1.82, 2.24) is 25.1 Å². The van der Waals surface area contributed by atoms with Crippen LogP contribution in [0, 0.1) is 0 Å². The van der Waals surface area contributed by atoms with Crippen LogP contribution in [-0.2, 0) is 41.2 Å². The number of methoxy groups -OCH3 is 2. The normalized spacial score (nSPS) is 16.5. The molecule has 0 N–H and O–H groups in total. The van der Waals surface area contributed by atoms with Gasteiger partial charge < -0.3 is 14.2 Å². The quantitative estimate of drug-likeness (QED) is 0.192. The molecule has 2 aromatic carbocycles. The van der Waals surface area contributed by atoms with E-state index in [0.717, 1.165) is 12.0 Å². The fourth-order valence-corrected chi connectivity index (χ4v) is 6.01. The van der Waals surface area contributed by atoms with E-state index < -0.39 is 59.9 Å². The number of thioether (sulfide) groups is 1. The van der Waals surface area contributed by atoms with E-state index in [0.29, 0.717) is 34.2 Å². The van der Waals surface area contributed by atoms with Gasteiger partial charge in [0.15, 0.2) is 0 Å². The van der Waals surface area contributed by atoms with Gasteiger partial charge in [-0.2, -0.15) is 26.3 Å². The molecule has 1 aliphatic heterocycles. The minimum Gasteiger partial charge on any atom is -0.496 e. The van der Waals surface area contributed by atoms with Gasteiger partial charge in [-0.1, -0.05) is 11.8 Å². The maximum Gasteiger partial charge on any atom is 0.416 e. The van der Waals surface area contributed by atoms with E-state index in [1.807, 2.05) is 0 Å². The summed E-state index contributed by atoms with van der Waals surface area (Å²) in [6.45, 7) is 2.69. The Hall–Kier alpha value is -4.22. The van der Waals surface area contributed by atoms with Gasteiger partial charge in [0.05, 0.1) is 43.7 Å². The molecule has 2 heterocycles. The van der Waals surface area contributed by atoms with E-state index in [4.69, 9.17) is 14.2 Å². The number of ether oxygens (including phenoxy) is 3. The minimum atomic E-state index is -5.08. The van der Waals surface area contributed by atoms with Crippen LogP contribution in [0.15, 0.2) is 35.5 Å². The largest absolute Gasteiger partial charge is 0.496 e. The highest BCUT2D eigenvalue weighted by molar-refractivity contribution is 7.98. The number of alkyl halides is 6. The molecule has 0 saturated carbocycles. The number of benzene rings is 2. The van der Waals surface area contributed by atoms with Crippen LogP contribution in [0.2, 0.25) is 0 Å². The van der Waals surface area contributed by atoms with E-state index in [9.17, 15) is 35.9 Å². The summed E-state index contributed by atoms with van der Waals surface area (Å²) >= 11 is 1.26. The Morgan fingerprint density at radius 3 is 2.22 bits per heavy atom. The van der Waals surface area contributed by atoms with Crippen LogP contribution in [0.25, 0.3) is 0 Å². The zero-order chi connectivity index (χ0) is 34.0. The van der Waals surface area contributed by atoms with Crippen molar-refractivity contribution in [3.05, 3.63) is 58.1 Å². The second-order valence-corrected chi connectivity index (χ2v) is 11.2. The molecule has 0 spiro atoms. The zero-order valence-electron chi connectivity index (χ0n) is 25.3. The second kappa shape index (κ2) is 13.6. The molecule has 3 aromatic rings. The van der Waals surface area contributed by atoms with Gasteiger partial charge in [0.2, 0.25) is 5.16 Å². The van der Waals surface area contributed by atoms with Gasteiger partial charge in [-0.15, -0.1) is 5.10 Å². The Morgan fingerprint density at radius 2 is 1.70 bits per heavy atom. The number of anilines is 1. The number of carbonyl (C=O) groups excluding carboxylic acids is 2. The average Bonchev–Trinajstić information content (AvgIpc) is 3.40. The van der Waals surface area contributed by atoms with E-state index in [1.54, 1.807) is 33.0 Å². The van der Waals surface area contributed by atoms with Crippen molar-refractivity contribution in [1.29, 1.82) is 0 Å². The maximum atomic E-state index is 13.6. The molecule has 0 aliphatic carbocycles. The number of hydrogen-bond acceptors (Lipinski definition) is 9. The Bertz CT molecular complexity index is 1550. The van der Waals surface area contributed by atoms with E-state index >= 15 is 0 Å². The third-order valence-corrected chi connectivity index (χ3v) is 8.30. The number of hydrogen-bond donors (Lipinski definition) is 0. The first-order valence-electron chi connectivity index (χ1n) is 13.7. The number of aryl methyl sites for hydroxylation is 1. The van der Waals surface area contributed by atoms with E-state index in [2.05, 4.69) is 15.5 Å². The SMILES string of the molecule is CCOC(=O)N1c2cc(OC)c(CSc3nnnn3C)cc2[C@@H](N(Cc2cc(C(F)(F)F)cc(C(F)(F)F)c2)C(=O)OC)C[C@H]1C. The Morgan fingerprint density at radius 1 is 1.04 bits per heavy atom. The summed E-state index contributed by atoms with van der Waals surface area (Å²) < 4.78 is 99.2. The number of carbonyl (C=O) groups is 2. The van der Waals surface area contributed by atoms with Crippen LogP contribution in [0.3, 0.4) is 0 Å². The van der Waals surface area contributed by atoms with Crippen molar-refractivity contribution >= 4 is 29.6 Å². The fraction of sp³-hybridized carbons (Fsp3) is 0.464. The number of nitrogens with zero attached hydrogens (tertiary/aromatic N) is 6. The molecule has 4 rings (SSSR count). The average molecular weight is 677 g/mol. The molecular weight excluding hydrogens is 646 g/mol. The topological polar surface area (TPSA) is 112 Å². The smallest absolute Gasteiger partial charge is 0.416 e. The van der Waals surface area contributed by atoms with Gasteiger partial charge in [-0.3, -0.25) is 9.80 Å². The highest BCUT2D eigenvalue weighted by atomic mass is 32.2. The minimum absolute atomic E-state index is 0.0179. The summed E-state index contributed by atoms with van der Waals surface area (Å²) in [6.07, 6.45) is -11.8. The fourth-order valence-electron chi connectivity index (χ4n) is 5.18. The first kappa shape index (κ1) is 34.6. The molecule has 2 amide bonds. The van der Waals surface area contributed by atoms with Crippen LogP contribution in [-0.4, -0.2) is 64.2 Å². The molecule has 0 saturated heterocycles. The second-order valence-electron chi connectivity index (χ2n) is 10.3. The summed E-state index contributed by atoms with van der Waals surface area (Å²) in [6, 6.07) is 2.79. The lowest BCUT2D eigenvalue weighted by molar-refractivity contribution is -0.143. The third kappa shape index (κ3) is 7.42. The third-order valence-electron chi connectivity index (χ3n) is 7.24. The predicted octanol–water partition coefficient (Wildman–Crippen LogP) is 6.61. The Labute approximate surface area is 263 Å². The summed E-state index contributed by atoms with van der Waals surface area (Å²) in [5.41, 5.74) is -2.23. The van der Waals surface area contributed by atoms with Crippen molar-refractivity contribution in [3.8, 4) is 5.75 Å². The van der Waals surface area contributed by atoms with Gasteiger partial charge in [-0.05, 0) is 66.1 Å². The molecule has 18 heteroatoms. The highest BCUT2D eigenvalue weighted by Gasteiger charge is 2.41. The van der Waals surface area contributed by atoms with E-state index in [-0.39, 0.29) is 30.5 Å². The van der Waals surface area contributed by atoms with Crippen molar-refractivity contribution in [2.45, 2.75) is 62.2 Å². The number of amides is 2. The summed E-state index contributed by atoms with van der Waals surface area (Å²) in [4.78, 5) is 28.8. The summed E-state index contributed by atoms with van der Waals surface area (Å²) in [7, 11) is 4.11. The van der Waals surface area contributed by atoms with Crippen LogP contribution in [0.5, 0.6) is 5.75 Å². The van der Waals surface area contributed by atoms with Crippen LogP contribution >= 0.6 is 11.8 Å². The van der Waals surface area contributed by atoms with Gasteiger partial charge in [0, 0.05) is 37.0 Å². The number of halogens is 6. The summed E-state index contributed by atoms with van der Waals surface area (Å²) in [5.74, 6) is 0.619. The van der Waals surface area contributed by atoms with Gasteiger partial charge >= 0.3 is 24.5 Å². The van der Waals surface area contributed by atoms with Crippen LogP contribution in [0.4, 0.5) is 41.6 Å². The highest BCUT2D eigenvalue weighted by Crippen LogP contribution is 2.46. The van der Waals surface area contributed by atoms with Gasteiger partial charge in [0.1, 0.15) is 5.75 Å². The molecule has 1 aliphatic rings. The van der Waals surface area contributed by atoms with Crippen molar-refractivity contribution < 1.29 is 50.1 Å². The Kier molecular flexibility index (Phi) is 10.3. The van der Waals surface area contributed by atoms with Crippen molar-refractivity contribution in [2.75, 3.05) is 25.7 Å². The number of aromatic nitrogens is 4. The standard InChI is InChI=1S/C28H30F6N6O5S/c1-6-45-26(42)40-15(2)7-21(20-10-17(23(43-4)12-22(20)40)14-46-24-35-36-37-38(24)3)39(25(41)44-5)13-16-8-18(27(29,30)31)11-19(9-16)28(32,33)34/h8-12,15,21H,6-7,13-14H2,1-5H3/t15-,21+/m1/s1. The van der Waals surface area contributed by atoms with Gasteiger partial charge in [-0.25, -0.2) is 14.3 Å².